The van der Waals surface area contributed by atoms with Gasteiger partial charge in [-0.3, -0.25) is 14.5 Å². The van der Waals surface area contributed by atoms with E-state index in [1.54, 1.807) is 38.6 Å². The van der Waals surface area contributed by atoms with Crippen molar-refractivity contribution < 1.29 is 14.3 Å². The van der Waals surface area contributed by atoms with Gasteiger partial charge in [0.15, 0.2) is 0 Å². The van der Waals surface area contributed by atoms with Crippen LogP contribution in [0.4, 0.5) is 0 Å². The van der Waals surface area contributed by atoms with Crippen LogP contribution in [0.25, 0.3) is 11.3 Å². The number of pyridine rings is 1. The number of carbonyl (C=O) groups is 1. The first-order valence-corrected chi connectivity index (χ1v) is 9.44. The Labute approximate surface area is 170 Å². The van der Waals surface area contributed by atoms with Gasteiger partial charge in [-0.25, -0.2) is 0 Å². The molecule has 1 N–H and O–H groups in total. The van der Waals surface area contributed by atoms with Crippen molar-refractivity contribution >= 4 is 5.91 Å². The highest BCUT2D eigenvalue weighted by atomic mass is 16.5. The van der Waals surface area contributed by atoms with E-state index in [2.05, 4.69) is 15.4 Å². The minimum Gasteiger partial charge on any atom is -0.496 e. The summed E-state index contributed by atoms with van der Waals surface area (Å²) in [6.45, 7) is 5.64. The van der Waals surface area contributed by atoms with Gasteiger partial charge in [-0.2, -0.15) is 5.10 Å². The normalized spacial score (nSPS) is 10.8. The van der Waals surface area contributed by atoms with E-state index < -0.39 is 0 Å². The Hall–Kier alpha value is -3.19. The number of methoxy groups -OCH3 is 2. The highest BCUT2D eigenvalue weighted by Crippen LogP contribution is 2.29. The van der Waals surface area contributed by atoms with Crippen molar-refractivity contribution in [3.05, 3.63) is 65.1 Å². The number of benzene rings is 1. The Bertz CT molecular complexity index is 983. The highest BCUT2D eigenvalue weighted by molar-refractivity contribution is 5.96. The molecule has 0 aliphatic carbocycles. The van der Waals surface area contributed by atoms with E-state index in [1.807, 2.05) is 36.7 Å². The van der Waals surface area contributed by atoms with Crippen LogP contribution in [-0.4, -0.2) is 41.5 Å². The van der Waals surface area contributed by atoms with Crippen LogP contribution < -0.4 is 10.1 Å². The number of aryl methyl sites for hydroxylation is 1. The van der Waals surface area contributed by atoms with Gasteiger partial charge >= 0.3 is 0 Å². The predicted molar refractivity (Wildman–Crippen MR) is 111 cm³/mol. The van der Waals surface area contributed by atoms with E-state index in [0.717, 1.165) is 28.2 Å². The number of aromatic nitrogens is 3. The number of nitrogens with one attached hydrogen (secondary N) is 1. The second-order valence-electron chi connectivity index (χ2n) is 6.68. The maximum Gasteiger partial charge on any atom is 0.251 e. The SMILES string of the molecule is COCCn1nc(C)c(CNC(=O)c2ccc(OC)c(-c3ccccn3)c2)c1C. The van der Waals surface area contributed by atoms with Crippen LogP contribution in [0.3, 0.4) is 0 Å². The zero-order valence-corrected chi connectivity index (χ0v) is 17.2. The van der Waals surface area contributed by atoms with Crippen molar-refractivity contribution in [3.63, 3.8) is 0 Å². The summed E-state index contributed by atoms with van der Waals surface area (Å²) >= 11 is 0. The van der Waals surface area contributed by atoms with Crippen molar-refractivity contribution in [3.8, 4) is 17.0 Å². The van der Waals surface area contributed by atoms with Crippen LogP contribution in [-0.2, 0) is 17.8 Å². The number of carbonyl (C=O) groups excluding carboxylic acids is 1. The molecule has 3 aromatic rings. The summed E-state index contributed by atoms with van der Waals surface area (Å²) in [7, 11) is 3.27. The number of hydrogen-bond acceptors (Lipinski definition) is 5. The Morgan fingerprint density at radius 2 is 2.00 bits per heavy atom. The van der Waals surface area contributed by atoms with Gasteiger partial charge < -0.3 is 14.8 Å². The van der Waals surface area contributed by atoms with E-state index in [0.29, 0.717) is 31.0 Å². The molecule has 0 bridgehead atoms. The lowest BCUT2D eigenvalue weighted by molar-refractivity contribution is 0.0951. The molecular weight excluding hydrogens is 368 g/mol. The average Bonchev–Trinajstić information content (AvgIpc) is 3.03. The van der Waals surface area contributed by atoms with E-state index in [4.69, 9.17) is 9.47 Å². The quantitative estimate of drug-likeness (QED) is 0.635. The number of ether oxygens (including phenoxy) is 2. The van der Waals surface area contributed by atoms with E-state index >= 15 is 0 Å². The lowest BCUT2D eigenvalue weighted by Gasteiger charge is -2.11. The maximum atomic E-state index is 12.8. The maximum absolute atomic E-state index is 12.8. The molecule has 0 saturated carbocycles. The van der Waals surface area contributed by atoms with Crippen LogP contribution in [0.5, 0.6) is 5.75 Å². The van der Waals surface area contributed by atoms with Crippen LogP contribution >= 0.6 is 0 Å². The molecule has 2 heterocycles. The van der Waals surface area contributed by atoms with Gasteiger partial charge in [-0.05, 0) is 44.2 Å². The molecule has 3 rings (SSSR count). The molecule has 7 heteroatoms. The van der Waals surface area contributed by atoms with Gasteiger partial charge in [0.2, 0.25) is 0 Å². The molecule has 7 nitrogen and oxygen atoms in total. The molecule has 2 aromatic heterocycles. The molecular formula is C22H26N4O3. The van der Waals surface area contributed by atoms with Crippen molar-refractivity contribution in [1.82, 2.24) is 20.1 Å². The first kappa shape index (κ1) is 20.5. The molecule has 0 radical (unpaired) electrons. The third kappa shape index (κ3) is 4.63. The fourth-order valence-electron chi connectivity index (χ4n) is 3.23. The molecule has 0 spiro atoms. The topological polar surface area (TPSA) is 78.3 Å². The molecule has 0 aliphatic heterocycles. The van der Waals surface area contributed by atoms with Crippen LogP contribution in [0.2, 0.25) is 0 Å². The second-order valence-corrected chi connectivity index (χ2v) is 6.68. The standard InChI is InChI=1S/C22H26N4O3/c1-15-19(16(2)26(25-15)11-12-28-3)14-24-22(27)17-8-9-21(29-4)18(13-17)20-7-5-6-10-23-20/h5-10,13H,11-12,14H2,1-4H3,(H,24,27). The van der Waals surface area contributed by atoms with Gasteiger partial charge in [-0.1, -0.05) is 6.07 Å². The number of amides is 1. The Morgan fingerprint density at radius 1 is 1.17 bits per heavy atom. The van der Waals surface area contributed by atoms with E-state index in [9.17, 15) is 4.79 Å². The average molecular weight is 394 g/mol. The lowest BCUT2D eigenvalue weighted by Crippen LogP contribution is -2.23. The minimum absolute atomic E-state index is 0.159. The van der Waals surface area contributed by atoms with Gasteiger partial charge in [-0.15, -0.1) is 0 Å². The predicted octanol–water partition coefficient (Wildman–Crippen LogP) is 3.15. The molecule has 0 aliphatic rings. The lowest BCUT2D eigenvalue weighted by atomic mass is 10.1. The summed E-state index contributed by atoms with van der Waals surface area (Å²) < 4.78 is 12.5. The zero-order valence-electron chi connectivity index (χ0n) is 17.2. The number of hydrogen-bond donors (Lipinski definition) is 1. The van der Waals surface area contributed by atoms with Gasteiger partial charge in [0.1, 0.15) is 5.75 Å². The van der Waals surface area contributed by atoms with Crippen LogP contribution in [0.15, 0.2) is 42.6 Å². The van der Waals surface area contributed by atoms with Crippen LogP contribution in [0.1, 0.15) is 27.3 Å². The first-order chi connectivity index (χ1) is 14.0. The molecule has 1 amide bonds. The molecule has 0 fully saturated rings. The second kappa shape index (κ2) is 9.34. The van der Waals surface area contributed by atoms with Crippen molar-refractivity contribution in [2.75, 3.05) is 20.8 Å². The molecule has 29 heavy (non-hydrogen) atoms. The van der Waals surface area contributed by atoms with E-state index in [-0.39, 0.29) is 5.91 Å². The van der Waals surface area contributed by atoms with Gasteiger partial charge in [0.05, 0.1) is 31.6 Å². The first-order valence-electron chi connectivity index (χ1n) is 9.44. The summed E-state index contributed by atoms with van der Waals surface area (Å²) in [6.07, 6.45) is 1.72. The molecule has 0 atom stereocenters. The fourth-order valence-corrected chi connectivity index (χ4v) is 3.23. The monoisotopic (exact) mass is 394 g/mol. The van der Waals surface area contributed by atoms with Gasteiger partial charge in [0.25, 0.3) is 5.91 Å². The summed E-state index contributed by atoms with van der Waals surface area (Å²) in [6, 6.07) is 11.0. The summed E-state index contributed by atoms with van der Waals surface area (Å²) in [5, 5.41) is 7.53. The number of nitrogens with zero attached hydrogens (tertiary/aromatic N) is 3. The molecule has 152 valence electrons. The minimum atomic E-state index is -0.159. The Morgan fingerprint density at radius 3 is 2.69 bits per heavy atom. The third-order valence-corrected chi connectivity index (χ3v) is 4.87. The van der Waals surface area contributed by atoms with Crippen LogP contribution in [0, 0.1) is 13.8 Å². The number of rotatable bonds is 8. The fraction of sp³-hybridized carbons (Fsp3) is 0.318. The molecule has 1 aromatic carbocycles. The molecule has 0 saturated heterocycles. The van der Waals surface area contributed by atoms with E-state index in [1.165, 1.54) is 0 Å². The highest BCUT2D eigenvalue weighted by Gasteiger charge is 2.15. The van der Waals surface area contributed by atoms with Gasteiger partial charge in [0, 0.05) is 42.2 Å². The Kier molecular flexibility index (Phi) is 6.61. The van der Waals surface area contributed by atoms with Crippen molar-refractivity contribution in [2.45, 2.75) is 26.9 Å². The third-order valence-electron chi connectivity index (χ3n) is 4.87. The summed E-state index contributed by atoms with van der Waals surface area (Å²) in [5.41, 5.74) is 5.04. The summed E-state index contributed by atoms with van der Waals surface area (Å²) in [4.78, 5) is 17.2. The van der Waals surface area contributed by atoms with Crippen molar-refractivity contribution in [2.24, 2.45) is 0 Å². The largest absolute Gasteiger partial charge is 0.496 e. The smallest absolute Gasteiger partial charge is 0.251 e. The van der Waals surface area contributed by atoms with Crippen molar-refractivity contribution in [1.29, 1.82) is 0 Å². The summed E-state index contributed by atoms with van der Waals surface area (Å²) in [5.74, 6) is 0.514. The zero-order chi connectivity index (χ0) is 20.8. The molecule has 0 unspecified atom stereocenters. The Balaban J connectivity index is 1.77.